The maximum absolute atomic E-state index is 14.4. The first kappa shape index (κ1) is 36.1. The van der Waals surface area contributed by atoms with E-state index in [-0.39, 0.29) is 17.7 Å². The smallest absolute Gasteiger partial charge is 0.408 e. The molecule has 3 N–H and O–H groups in total. The number of nitrogens with zero attached hydrogens (tertiary/aromatic N) is 1. The Morgan fingerprint density at radius 2 is 1.36 bits per heavy atom. The lowest BCUT2D eigenvalue weighted by atomic mass is 9.91. The molecule has 3 unspecified atom stereocenters. The van der Waals surface area contributed by atoms with Crippen LogP contribution in [0, 0.1) is 0 Å². The fourth-order valence-electron chi connectivity index (χ4n) is 4.48. The van der Waals surface area contributed by atoms with E-state index in [1.165, 1.54) is 17.9 Å². The number of rotatable bonds is 11. The van der Waals surface area contributed by atoms with Gasteiger partial charge in [-0.3, -0.25) is 9.59 Å². The van der Waals surface area contributed by atoms with Crippen LogP contribution in [0.25, 0.3) is 0 Å². The maximum atomic E-state index is 14.4. The predicted octanol–water partition coefficient (Wildman–Crippen LogP) is 5.43. The molecular formula is C34H49N3O7. The molecule has 242 valence electrons. The third-order valence-corrected chi connectivity index (χ3v) is 6.89. The van der Waals surface area contributed by atoms with E-state index in [0.29, 0.717) is 6.42 Å². The van der Waals surface area contributed by atoms with Gasteiger partial charge in [-0.1, -0.05) is 55.5 Å². The number of esters is 1. The van der Waals surface area contributed by atoms with Crippen LogP contribution in [0.3, 0.4) is 0 Å². The largest absolute Gasteiger partial charge is 0.508 e. The van der Waals surface area contributed by atoms with E-state index in [0.717, 1.165) is 5.56 Å². The standard InChI is InChI=1S/C34H49N3O7/c1-11-34(9,10)37(29(40)22(2)35-31(42)44-33(6,7)8)27(24-19-15-16-20-26(24)38)28(39)36-25(30(41)43-32(3,4)5)21-23-17-13-12-14-18-23/h12-20,22,25,27,38H,11,21H2,1-10H3,(H,35,42)(H,36,39). The molecule has 2 aromatic carbocycles. The van der Waals surface area contributed by atoms with Crippen molar-refractivity contribution in [2.75, 3.05) is 0 Å². The molecule has 2 aromatic rings. The highest BCUT2D eigenvalue weighted by atomic mass is 16.6. The van der Waals surface area contributed by atoms with E-state index in [1.54, 1.807) is 73.6 Å². The number of ether oxygens (including phenoxy) is 2. The molecule has 0 aliphatic rings. The summed E-state index contributed by atoms with van der Waals surface area (Å²) in [5.74, 6) is -2.12. The first-order valence-electron chi connectivity index (χ1n) is 14.9. The zero-order valence-electron chi connectivity index (χ0n) is 27.7. The second-order valence-corrected chi connectivity index (χ2v) is 13.5. The number of nitrogens with one attached hydrogen (secondary N) is 2. The van der Waals surface area contributed by atoms with Crippen LogP contribution < -0.4 is 10.6 Å². The summed E-state index contributed by atoms with van der Waals surface area (Å²) in [6, 6.07) is 11.9. The van der Waals surface area contributed by atoms with Crippen LogP contribution in [0.15, 0.2) is 54.6 Å². The van der Waals surface area contributed by atoms with Crippen LogP contribution in [-0.4, -0.2) is 62.7 Å². The van der Waals surface area contributed by atoms with Crippen molar-refractivity contribution in [1.82, 2.24) is 15.5 Å². The Labute approximate surface area is 261 Å². The van der Waals surface area contributed by atoms with Crippen LogP contribution >= 0.6 is 0 Å². The van der Waals surface area contributed by atoms with E-state index >= 15 is 0 Å². The maximum Gasteiger partial charge on any atom is 0.408 e. The van der Waals surface area contributed by atoms with Gasteiger partial charge < -0.3 is 30.1 Å². The average Bonchev–Trinajstić information content (AvgIpc) is 2.89. The van der Waals surface area contributed by atoms with Crippen molar-refractivity contribution in [3.05, 3.63) is 65.7 Å². The van der Waals surface area contributed by atoms with Crippen LogP contribution in [0.1, 0.15) is 92.8 Å². The van der Waals surface area contributed by atoms with Gasteiger partial charge in [-0.15, -0.1) is 0 Å². The monoisotopic (exact) mass is 611 g/mol. The molecule has 3 atom stereocenters. The van der Waals surface area contributed by atoms with E-state index < -0.39 is 58.7 Å². The topological polar surface area (TPSA) is 134 Å². The number of amides is 3. The van der Waals surface area contributed by atoms with Crippen molar-refractivity contribution in [1.29, 1.82) is 0 Å². The molecule has 0 aliphatic carbocycles. The number of benzene rings is 2. The Morgan fingerprint density at radius 1 is 0.818 bits per heavy atom. The van der Waals surface area contributed by atoms with Gasteiger partial charge in [0.05, 0.1) is 0 Å². The third kappa shape index (κ3) is 10.6. The third-order valence-electron chi connectivity index (χ3n) is 6.89. The second kappa shape index (κ2) is 14.6. The molecule has 10 heteroatoms. The van der Waals surface area contributed by atoms with Gasteiger partial charge in [0, 0.05) is 17.5 Å². The van der Waals surface area contributed by atoms with Gasteiger partial charge >= 0.3 is 12.1 Å². The van der Waals surface area contributed by atoms with Gasteiger partial charge in [-0.05, 0) is 80.4 Å². The lowest BCUT2D eigenvalue weighted by molar-refractivity contribution is -0.159. The molecule has 0 aromatic heterocycles. The molecule has 2 rings (SSSR count). The van der Waals surface area contributed by atoms with Crippen LogP contribution in [0.5, 0.6) is 5.75 Å². The fourth-order valence-corrected chi connectivity index (χ4v) is 4.48. The fraction of sp³-hybridized carbons (Fsp3) is 0.529. The Kier molecular flexibility index (Phi) is 12.0. The predicted molar refractivity (Wildman–Crippen MR) is 169 cm³/mol. The first-order valence-corrected chi connectivity index (χ1v) is 14.9. The van der Waals surface area contributed by atoms with Crippen molar-refractivity contribution in [2.45, 2.75) is 117 Å². The summed E-state index contributed by atoms with van der Waals surface area (Å²) in [5.41, 5.74) is -1.59. The van der Waals surface area contributed by atoms with Gasteiger partial charge in [0.25, 0.3) is 0 Å². The number of carbonyl (C=O) groups excluding carboxylic acids is 4. The lowest BCUT2D eigenvalue weighted by Gasteiger charge is -2.44. The number of aromatic hydroxyl groups is 1. The minimum atomic E-state index is -1.37. The van der Waals surface area contributed by atoms with Crippen LogP contribution in [-0.2, 0) is 30.3 Å². The van der Waals surface area contributed by atoms with Gasteiger partial charge in [0.1, 0.15) is 35.1 Å². The SMILES string of the molecule is CCC(C)(C)N(C(=O)C(C)NC(=O)OC(C)(C)C)C(C(=O)NC(Cc1ccccc1)C(=O)OC(C)(C)C)c1ccccc1O. The normalized spacial score (nSPS) is 14.0. The van der Waals surface area contributed by atoms with Gasteiger partial charge in [-0.25, -0.2) is 9.59 Å². The highest BCUT2D eigenvalue weighted by molar-refractivity contribution is 5.94. The Morgan fingerprint density at radius 3 is 1.89 bits per heavy atom. The number of para-hydroxylation sites is 1. The van der Waals surface area contributed by atoms with Crippen molar-refractivity contribution in [3.63, 3.8) is 0 Å². The van der Waals surface area contributed by atoms with Crippen molar-refractivity contribution >= 4 is 23.9 Å². The first-order chi connectivity index (χ1) is 20.3. The van der Waals surface area contributed by atoms with Crippen molar-refractivity contribution < 1.29 is 33.8 Å². The highest BCUT2D eigenvalue weighted by Crippen LogP contribution is 2.36. The van der Waals surface area contributed by atoms with E-state index in [9.17, 15) is 24.3 Å². The molecule has 0 spiro atoms. The molecule has 0 saturated carbocycles. The summed E-state index contributed by atoms with van der Waals surface area (Å²) in [6.07, 6.45) is -0.227. The Balaban J connectivity index is 2.61. The molecule has 0 saturated heterocycles. The van der Waals surface area contributed by atoms with Crippen molar-refractivity contribution in [3.8, 4) is 5.75 Å². The highest BCUT2D eigenvalue weighted by Gasteiger charge is 2.44. The minimum absolute atomic E-state index is 0.136. The number of hydrogen-bond donors (Lipinski definition) is 3. The van der Waals surface area contributed by atoms with Gasteiger partial charge in [0.2, 0.25) is 11.8 Å². The quantitative estimate of drug-likeness (QED) is 0.288. The van der Waals surface area contributed by atoms with E-state index in [1.807, 2.05) is 37.3 Å². The van der Waals surface area contributed by atoms with Crippen LogP contribution in [0.2, 0.25) is 0 Å². The molecule has 0 fully saturated rings. The number of phenolic OH excluding ortho intramolecular Hbond substituents is 1. The molecule has 0 bridgehead atoms. The molecular weight excluding hydrogens is 562 g/mol. The number of hydrogen-bond acceptors (Lipinski definition) is 7. The average molecular weight is 612 g/mol. The molecule has 0 heterocycles. The Hall–Kier alpha value is -4.08. The summed E-state index contributed by atoms with van der Waals surface area (Å²) in [4.78, 5) is 55.9. The summed E-state index contributed by atoms with van der Waals surface area (Å²) >= 11 is 0. The zero-order chi connectivity index (χ0) is 33.5. The molecule has 3 amide bonds. The van der Waals surface area contributed by atoms with Crippen LogP contribution in [0.4, 0.5) is 4.79 Å². The van der Waals surface area contributed by atoms with E-state index in [2.05, 4.69) is 10.6 Å². The summed E-state index contributed by atoms with van der Waals surface area (Å²) in [6.45, 7) is 17.3. The van der Waals surface area contributed by atoms with E-state index in [4.69, 9.17) is 9.47 Å². The molecule has 0 radical (unpaired) electrons. The second-order valence-electron chi connectivity index (χ2n) is 13.5. The summed E-state index contributed by atoms with van der Waals surface area (Å²) in [5, 5.41) is 16.3. The molecule has 44 heavy (non-hydrogen) atoms. The number of alkyl carbamates (subject to hydrolysis) is 1. The van der Waals surface area contributed by atoms with Gasteiger partial charge in [-0.2, -0.15) is 0 Å². The number of carbonyl (C=O) groups is 4. The summed E-state index contributed by atoms with van der Waals surface area (Å²) < 4.78 is 11.0. The Bertz CT molecular complexity index is 1300. The summed E-state index contributed by atoms with van der Waals surface area (Å²) in [7, 11) is 0. The minimum Gasteiger partial charge on any atom is -0.508 e. The number of phenols is 1. The van der Waals surface area contributed by atoms with Gasteiger partial charge in [0.15, 0.2) is 0 Å². The van der Waals surface area contributed by atoms with Crippen molar-refractivity contribution in [2.24, 2.45) is 0 Å². The zero-order valence-corrected chi connectivity index (χ0v) is 27.7. The molecule has 10 nitrogen and oxygen atoms in total. The molecule has 0 aliphatic heterocycles. The lowest BCUT2D eigenvalue weighted by Crippen LogP contribution is -2.59.